The number of alkyl carbamates (subject to hydrolysis) is 2. The maximum Gasteiger partial charge on any atom is 0.407 e. The molecule has 24 heavy (non-hydrogen) atoms. The molecule has 0 bridgehead atoms. The van der Waals surface area contributed by atoms with Gasteiger partial charge in [-0.3, -0.25) is 0 Å². The molecule has 1 aliphatic carbocycles. The first-order valence-corrected chi connectivity index (χ1v) is 8.18. The normalized spacial score (nSPS) is 20.0. The minimum atomic E-state index is -0.511. The van der Waals surface area contributed by atoms with Crippen molar-refractivity contribution in [3.05, 3.63) is 35.9 Å². The summed E-state index contributed by atoms with van der Waals surface area (Å²) in [5.74, 6) is 0. The molecule has 0 unspecified atom stereocenters. The van der Waals surface area contributed by atoms with E-state index in [1.807, 2.05) is 30.3 Å². The fourth-order valence-electron chi connectivity index (χ4n) is 2.66. The average Bonchev–Trinajstić information content (AvgIpc) is 2.61. The molecule has 1 saturated carbocycles. The van der Waals surface area contributed by atoms with Crippen molar-refractivity contribution in [1.82, 2.24) is 10.6 Å². The number of rotatable bonds is 6. The monoisotopic (exact) mass is 336 g/mol. The van der Waals surface area contributed by atoms with Crippen LogP contribution in [0.2, 0.25) is 0 Å². The van der Waals surface area contributed by atoms with Crippen LogP contribution < -0.4 is 10.6 Å². The molecular weight excluding hydrogens is 312 g/mol. The van der Waals surface area contributed by atoms with Gasteiger partial charge in [0.25, 0.3) is 0 Å². The highest BCUT2D eigenvalue weighted by Crippen LogP contribution is 2.19. The third-order valence-electron chi connectivity index (χ3n) is 3.91. The van der Waals surface area contributed by atoms with Crippen molar-refractivity contribution in [2.24, 2.45) is 0 Å². The van der Waals surface area contributed by atoms with E-state index in [2.05, 4.69) is 10.6 Å². The van der Waals surface area contributed by atoms with E-state index in [4.69, 9.17) is 14.6 Å². The minimum absolute atomic E-state index is 0.00398. The molecule has 0 spiro atoms. The van der Waals surface area contributed by atoms with Gasteiger partial charge in [0, 0.05) is 12.1 Å². The molecule has 2 rings (SSSR count). The SMILES string of the molecule is O=C(N[C@H]1CC[C@H](NC(=O)OCc2ccccc2)CC1)OCCO. The lowest BCUT2D eigenvalue weighted by Crippen LogP contribution is -2.44. The fraction of sp³-hybridized carbons (Fsp3) is 0.529. The van der Waals surface area contributed by atoms with Gasteiger partial charge in [0.2, 0.25) is 0 Å². The van der Waals surface area contributed by atoms with E-state index in [1.54, 1.807) is 0 Å². The molecule has 7 nitrogen and oxygen atoms in total. The Bertz CT molecular complexity index is 515. The topological polar surface area (TPSA) is 96.9 Å². The predicted molar refractivity (Wildman–Crippen MR) is 87.4 cm³/mol. The highest BCUT2D eigenvalue weighted by atomic mass is 16.6. The summed E-state index contributed by atoms with van der Waals surface area (Å²) in [6.07, 6.45) is 2.13. The van der Waals surface area contributed by atoms with Crippen molar-refractivity contribution in [3.63, 3.8) is 0 Å². The van der Waals surface area contributed by atoms with Crippen LogP contribution in [0.3, 0.4) is 0 Å². The first kappa shape index (κ1) is 18.1. The molecule has 1 aliphatic rings. The van der Waals surface area contributed by atoms with Crippen molar-refractivity contribution in [3.8, 4) is 0 Å². The zero-order valence-electron chi connectivity index (χ0n) is 13.6. The summed E-state index contributed by atoms with van der Waals surface area (Å²) in [7, 11) is 0. The van der Waals surface area contributed by atoms with Crippen LogP contribution >= 0.6 is 0 Å². The zero-order valence-corrected chi connectivity index (χ0v) is 13.6. The number of benzene rings is 1. The van der Waals surface area contributed by atoms with Crippen LogP contribution in [0.1, 0.15) is 31.2 Å². The van der Waals surface area contributed by atoms with Gasteiger partial charge in [-0.25, -0.2) is 9.59 Å². The van der Waals surface area contributed by atoms with Crippen LogP contribution in [-0.2, 0) is 16.1 Å². The van der Waals surface area contributed by atoms with E-state index >= 15 is 0 Å². The highest BCUT2D eigenvalue weighted by Gasteiger charge is 2.24. The van der Waals surface area contributed by atoms with Gasteiger partial charge in [-0.1, -0.05) is 30.3 Å². The number of hydrogen-bond acceptors (Lipinski definition) is 5. The van der Waals surface area contributed by atoms with Gasteiger partial charge in [-0.05, 0) is 31.2 Å². The van der Waals surface area contributed by atoms with Gasteiger partial charge in [0.1, 0.15) is 13.2 Å². The second-order valence-electron chi connectivity index (χ2n) is 5.76. The van der Waals surface area contributed by atoms with Gasteiger partial charge >= 0.3 is 12.2 Å². The van der Waals surface area contributed by atoms with Crippen LogP contribution in [0.15, 0.2) is 30.3 Å². The van der Waals surface area contributed by atoms with Crippen LogP contribution in [-0.4, -0.2) is 42.6 Å². The molecule has 0 saturated heterocycles. The summed E-state index contributed by atoms with van der Waals surface area (Å²) in [5, 5.41) is 14.2. The van der Waals surface area contributed by atoms with Crippen molar-refractivity contribution >= 4 is 12.2 Å². The minimum Gasteiger partial charge on any atom is -0.447 e. The molecular formula is C17H24N2O5. The molecule has 1 aromatic rings. The van der Waals surface area contributed by atoms with Crippen molar-refractivity contribution in [2.45, 2.75) is 44.4 Å². The van der Waals surface area contributed by atoms with Crippen LogP contribution in [0.25, 0.3) is 0 Å². The molecule has 3 N–H and O–H groups in total. The summed E-state index contributed by atoms with van der Waals surface area (Å²) < 4.78 is 9.97. The third-order valence-corrected chi connectivity index (χ3v) is 3.91. The first-order chi connectivity index (χ1) is 11.7. The smallest absolute Gasteiger partial charge is 0.407 e. The van der Waals surface area contributed by atoms with Gasteiger partial charge < -0.3 is 25.2 Å². The van der Waals surface area contributed by atoms with E-state index in [1.165, 1.54) is 0 Å². The maximum atomic E-state index is 11.8. The number of hydrogen-bond donors (Lipinski definition) is 3. The van der Waals surface area contributed by atoms with E-state index in [9.17, 15) is 9.59 Å². The second kappa shape index (κ2) is 9.77. The van der Waals surface area contributed by atoms with Crippen LogP contribution in [0.4, 0.5) is 9.59 Å². The highest BCUT2D eigenvalue weighted by molar-refractivity contribution is 5.68. The molecule has 0 aliphatic heterocycles. The van der Waals surface area contributed by atoms with E-state index in [0.29, 0.717) is 0 Å². The van der Waals surface area contributed by atoms with E-state index in [0.717, 1.165) is 31.2 Å². The summed E-state index contributed by atoms with van der Waals surface area (Å²) in [6.45, 7) is 0.0609. The van der Waals surface area contributed by atoms with Gasteiger partial charge in [0.15, 0.2) is 0 Å². The zero-order chi connectivity index (χ0) is 17.2. The lowest BCUT2D eigenvalue weighted by Gasteiger charge is -2.29. The quantitative estimate of drug-likeness (QED) is 0.738. The van der Waals surface area contributed by atoms with E-state index in [-0.39, 0.29) is 31.9 Å². The van der Waals surface area contributed by atoms with Crippen LogP contribution in [0, 0.1) is 0 Å². The summed E-state index contributed by atoms with van der Waals surface area (Å²) >= 11 is 0. The number of amides is 2. The Labute approximate surface area is 141 Å². The molecule has 2 amide bonds. The Hall–Kier alpha value is -2.28. The van der Waals surface area contributed by atoms with Gasteiger partial charge in [-0.2, -0.15) is 0 Å². The Morgan fingerprint density at radius 2 is 1.50 bits per heavy atom. The molecule has 0 atom stereocenters. The number of nitrogens with one attached hydrogen (secondary N) is 2. The Balaban J connectivity index is 1.62. The molecule has 0 heterocycles. The average molecular weight is 336 g/mol. The number of aliphatic hydroxyl groups is 1. The summed E-state index contributed by atoms with van der Waals surface area (Å²) in [5.41, 5.74) is 0.946. The Morgan fingerprint density at radius 3 is 2.04 bits per heavy atom. The maximum absolute atomic E-state index is 11.8. The first-order valence-electron chi connectivity index (χ1n) is 8.18. The number of carbonyl (C=O) groups is 2. The third kappa shape index (κ3) is 6.45. The molecule has 132 valence electrons. The second-order valence-corrected chi connectivity index (χ2v) is 5.76. The number of aliphatic hydroxyl groups excluding tert-OH is 1. The summed E-state index contributed by atoms with van der Waals surface area (Å²) in [4.78, 5) is 23.2. The van der Waals surface area contributed by atoms with Crippen molar-refractivity contribution in [2.75, 3.05) is 13.2 Å². The van der Waals surface area contributed by atoms with Crippen LogP contribution in [0.5, 0.6) is 0 Å². The van der Waals surface area contributed by atoms with Gasteiger partial charge in [-0.15, -0.1) is 0 Å². The van der Waals surface area contributed by atoms with Gasteiger partial charge in [0.05, 0.1) is 6.61 Å². The predicted octanol–water partition coefficient (Wildman–Crippen LogP) is 1.94. The lowest BCUT2D eigenvalue weighted by atomic mass is 9.91. The molecule has 1 fully saturated rings. The largest absolute Gasteiger partial charge is 0.447 e. The Morgan fingerprint density at radius 1 is 0.958 bits per heavy atom. The van der Waals surface area contributed by atoms with Crippen molar-refractivity contribution < 1.29 is 24.2 Å². The molecule has 0 radical (unpaired) electrons. The molecule has 1 aromatic carbocycles. The van der Waals surface area contributed by atoms with E-state index < -0.39 is 12.2 Å². The summed E-state index contributed by atoms with van der Waals surface area (Å²) in [6, 6.07) is 9.61. The number of carbonyl (C=O) groups excluding carboxylic acids is 2. The standard InChI is InChI=1S/C17H24N2O5/c20-10-11-23-16(21)18-14-6-8-15(9-7-14)19-17(22)24-12-13-4-2-1-3-5-13/h1-5,14-15,20H,6-12H2,(H,18,21)(H,19,22)/t14-,15-. The fourth-order valence-corrected chi connectivity index (χ4v) is 2.66. The molecule has 0 aromatic heterocycles. The number of ether oxygens (including phenoxy) is 2. The lowest BCUT2D eigenvalue weighted by molar-refractivity contribution is 0.112. The van der Waals surface area contributed by atoms with Crippen molar-refractivity contribution in [1.29, 1.82) is 0 Å². The molecule has 7 heteroatoms. The Kier molecular flexibility index (Phi) is 7.35.